The summed E-state index contributed by atoms with van der Waals surface area (Å²) in [4.78, 5) is 6.96. The largest absolute Gasteiger partial charge is 0.378 e. The molecule has 5 nitrogen and oxygen atoms in total. The summed E-state index contributed by atoms with van der Waals surface area (Å²) >= 11 is 1.73. The van der Waals surface area contributed by atoms with Crippen molar-refractivity contribution in [2.24, 2.45) is 0 Å². The third-order valence-electron chi connectivity index (χ3n) is 3.98. The summed E-state index contributed by atoms with van der Waals surface area (Å²) < 4.78 is 13.3. The van der Waals surface area contributed by atoms with Gasteiger partial charge in [0.1, 0.15) is 5.60 Å². The zero-order valence-corrected chi connectivity index (χ0v) is 13.0. The van der Waals surface area contributed by atoms with E-state index < -0.39 is 0 Å². The van der Waals surface area contributed by atoms with Gasteiger partial charge in [-0.3, -0.25) is 4.40 Å². The summed E-state index contributed by atoms with van der Waals surface area (Å²) in [5, 5.41) is 3.50. The third kappa shape index (κ3) is 2.48. The number of hydrogen-bond donors (Lipinski definition) is 1. The van der Waals surface area contributed by atoms with Crippen molar-refractivity contribution < 1.29 is 9.47 Å². The first-order valence-electron chi connectivity index (χ1n) is 6.91. The minimum absolute atomic E-state index is 0.164. The molecule has 0 aromatic carbocycles. The molecule has 0 saturated carbocycles. The molecule has 0 spiro atoms. The van der Waals surface area contributed by atoms with Crippen LogP contribution in [0.1, 0.15) is 22.7 Å². The monoisotopic (exact) mass is 295 g/mol. The van der Waals surface area contributed by atoms with E-state index in [4.69, 9.17) is 9.47 Å². The Morgan fingerprint density at radius 1 is 1.55 bits per heavy atom. The number of fused-ring (bicyclic) bond motifs is 1. The second kappa shape index (κ2) is 5.44. The first-order valence-corrected chi connectivity index (χ1v) is 7.73. The topological polar surface area (TPSA) is 47.8 Å². The summed E-state index contributed by atoms with van der Waals surface area (Å²) in [6.07, 6.45) is 3.11. The highest BCUT2D eigenvalue weighted by Gasteiger charge is 2.34. The number of imidazole rings is 1. The molecule has 1 atom stereocenters. The standard InChI is InChI=1S/C14H21N3O2S/c1-10-7-17-12(11(2)16-13(17)20-10)6-15-8-14(18-3)4-5-19-9-14/h7,15H,4-6,8-9H2,1-3H3. The smallest absolute Gasteiger partial charge is 0.194 e. The van der Waals surface area contributed by atoms with Crippen molar-refractivity contribution in [2.45, 2.75) is 32.4 Å². The molecule has 0 aliphatic carbocycles. The van der Waals surface area contributed by atoms with E-state index in [-0.39, 0.29) is 5.60 Å². The van der Waals surface area contributed by atoms with E-state index in [0.29, 0.717) is 6.61 Å². The fourth-order valence-electron chi connectivity index (χ4n) is 2.69. The molecule has 0 bridgehead atoms. The van der Waals surface area contributed by atoms with Gasteiger partial charge >= 0.3 is 0 Å². The predicted molar refractivity (Wildman–Crippen MR) is 79.4 cm³/mol. The quantitative estimate of drug-likeness (QED) is 0.915. The number of nitrogens with zero attached hydrogens (tertiary/aromatic N) is 2. The van der Waals surface area contributed by atoms with Crippen LogP contribution < -0.4 is 5.32 Å². The van der Waals surface area contributed by atoms with Crippen molar-refractivity contribution in [2.75, 3.05) is 26.9 Å². The van der Waals surface area contributed by atoms with Crippen molar-refractivity contribution in [1.82, 2.24) is 14.7 Å². The van der Waals surface area contributed by atoms with Gasteiger partial charge in [-0.1, -0.05) is 0 Å². The van der Waals surface area contributed by atoms with Gasteiger partial charge in [0.05, 0.1) is 18.0 Å². The maximum absolute atomic E-state index is 5.63. The van der Waals surface area contributed by atoms with Gasteiger partial charge in [0.15, 0.2) is 4.96 Å². The lowest BCUT2D eigenvalue weighted by Gasteiger charge is -2.26. The molecule has 1 unspecified atom stereocenters. The van der Waals surface area contributed by atoms with Crippen LogP contribution >= 0.6 is 11.3 Å². The number of aryl methyl sites for hydroxylation is 2. The van der Waals surface area contributed by atoms with Crippen LogP contribution in [0.25, 0.3) is 4.96 Å². The van der Waals surface area contributed by atoms with Crippen molar-refractivity contribution in [3.05, 3.63) is 22.5 Å². The van der Waals surface area contributed by atoms with Gasteiger partial charge in [0.2, 0.25) is 0 Å². The molecule has 0 amide bonds. The Bertz CT molecular complexity index is 599. The Kier molecular flexibility index (Phi) is 3.81. The molecule has 2 aromatic heterocycles. The number of hydrogen-bond acceptors (Lipinski definition) is 5. The summed E-state index contributed by atoms with van der Waals surface area (Å²) in [7, 11) is 1.76. The van der Waals surface area contributed by atoms with E-state index >= 15 is 0 Å². The molecule has 3 rings (SSSR count). The predicted octanol–water partition coefficient (Wildman–Crippen LogP) is 1.91. The van der Waals surface area contributed by atoms with Crippen LogP contribution in [0.15, 0.2) is 6.20 Å². The highest BCUT2D eigenvalue weighted by Crippen LogP contribution is 2.23. The van der Waals surface area contributed by atoms with E-state index in [9.17, 15) is 0 Å². The number of thiazole rings is 1. The fraction of sp³-hybridized carbons (Fsp3) is 0.643. The molecule has 1 saturated heterocycles. The second-order valence-corrected chi connectivity index (χ2v) is 6.64. The van der Waals surface area contributed by atoms with Crippen LogP contribution in [-0.4, -0.2) is 41.9 Å². The van der Waals surface area contributed by atoms with Crippen LogP contribution in [0, 0.1) is 13.8 Å². The van der Waals surface area contributed by atoms with E-state index in [1.165, 1.54) is 10.6 Å². The highest BCUT2D eigenvalue weighted by molar-refractivity contribution is 7.17. The maximum atomic E-state index is 5.63. The number of rotatable bonds is 5. The average Bonchev–Trinajstić information content (AvgIpc) is 3.08. The summed E-state index contributed by atoms with van der Waals surface area (Å²) in [5.41, 5.74) is 2.16. The molecule has 20 heavy (non-hydrogen) atoms. The molecule has 110 valence electrons. The lowest BCUT2D eigenvalue weighted by atomic mass is 10.0. The summed E-state index contributed by atoms with van der Waals surface area (Å²) in [6.45, 7) is 7.25. The molecule has 2 aromatic rings. The van der Waals surface area contributed by atoms with E-state index in [1.54, 1.807) is 18.4 Å². The van der Waals surface area contributed by atoms with Gasteiger partial charge in [0, 0.05) is 44.3 Å². The normalized spacial score (nSPS) is 22.9. The van der Waals surface area contributed by atoms with Gasteiger partial charge < -0.3 is 14.8 Å². The number of nitrogens with one attached hydrogen (secondary N) is 1. The lowest BCUT2D eigenvalue weighted by Crippen LogP contribution is -2.42. The highest BCUT2D eigenvalue weighted by atomic mass is 32.1. The van der Waals surface area contributed by atoms with Gasteiger partial charge in [0.25, 0.3) is 0 Å². The molecular formula is C14H21N3O2S. The molecular weight excluding hydrogens is 274 g/mol. The second-order valence-electron chi connectivity index (χ2n) is 5.43. The Labute approximate surface area is 122 Å². The zero-order valence-electron chi connectivity index (χ0n) is 12.2. The third-order valence-corrected chi connectivity index (χ3v) is 4.88. The van der Waals surface area contributed by atoms with Crippen LogP contribution in [0.3, 0.4) is 0 Å². The molecule has 1 aliphatic rings. The van der Waals surface area contributed by atoms with Gasteiger partial charge in [-0.25, -0.2) is 4.98 Å². The Hall–Kier alpha value is -0.950. The van der Waals surface area contributed by atoms with Crippen molar-refractivity contribution in [3.63, 3.8) is 0 Å². The minimum atomic E-state index is -0.164. The minimum Gasteiger partial charge on any atom is -0.378 e. The van der Waals surface area contributed by atoms with Gasteiger partial charge in [-0.15, -0.1) is 11.3 Å². The van der Waals surface area contributed by atoms with Crippen LogP contribution in [-0.2, 0) is 16.0 Å². The molecule has 0 radical (unpaired) electrons. The van der Waals surface area contributed by atoms with Gasteiger partial charge in [-0.2, -0.15) is 0 Å². The van der Waals surface area contributed by atoms with Crippen LogP contribution in [0.2, 0.25) is 0 Å². The van der Waals surface area contributed by atoms with Crippen molar-refractivity contribution in [1.29, 1.82) is 0 Å². The number of ether oxygens (including phenoxy) is 2. The summed E-state index contributed by atoms with van der Waals surface area (Å²) in [6, 6.07) is 0. The molecule has 1 aliphatic heterocycles. The first kappa shape index (κ1) is 14.0. The number of methoxy groups -OCH3 is 1. The Morgan fingerprint density at radius 3 is 3.10 bits per heavy atom. The maximum Gasteiger partial charge on any atom is 0.194 e. The Morgan fingerprint density at radius 2 is 2.40 bits per heavy atom. The van der Waals surface area contributed by atoms with Crippen molar-refractivity contribution in [3.8, 4) is 0 Å². The molecule has 6 heteroatoms. The zero-order chi connectivity index (χ0) is 14.2. The lowest BCUT2D eigenvalue weighted by molar-refractivity contribution is -0.0159. The van der Waals surface area contributed by atoms with Crippen LogP contribution in [0.4, 0.5) is 0 Å². The van der Waals surface area contributed by atoms with Gasteiger partial charge in [-0.05, 0) is 13.8 Å². The van der Waals surface area contributed by atoms with Crippen molar-refractivity contribution >= 4 is 16.3 Å². The van der Waals surface area contributed by atoms with E-state index in [0.717, 1.165) is 36.8 Å². The summed E-state index contributed by atoms with van der Waals surface area (Å²) in [5.74, 6) is 0. The molecule has 3 heterocycles. The SMILES string of the molecule is COC1(CNCc2c(C)nc3sc(C)cn23)CCOC1. The van der Waals surface area contributed by atoms with E-state index in [2.05, 4.69) is 34.7 Å². The average molecular weight is 295 g/mol. The fourth-order valence-corrected chi connectivity index (χ4v) is 3.58. The number of aromatic nitrogens is 2. The van der Waals surface area contributed by atoms with E-state index in [1.807, 2.05) is 0 Å². The molecule has 1 N–H and O–H groups in total. The molecule has 1 fully saturated rings. The van der Waals surface area contributed by atoms with Crippen LogP contribution in [0.5, 0.6) is 0 Å². The Balaban J connectivity index is 1.69. The first-order chi connectivity index (χ1) is 9.63.